The molecule has 0 bridgehead atoms. The van der Waals surface area contributed by atoms with Crippen LogP contribution in [0.1, 0.15) is 53.9 Å². The molecular weight excluding hydrogens is 296 g/mol. The summed E-state index contributed by atoms with van der Waals surface area (Å²) in [6, 6.07) is -0.170. The predicted octanol–water partition coefficient (Wildman–Crippen LogP) is 2.56. The number of esters is 1. The van der Waals surface area contributed by atoms with Crippen LogP contribution in [0, 0.1) is 5.92 Å². The molecule has 0 spiro atoms. The molecule has 134 valence electrons. The molecule has 1 aliphatic heterocycles. The summed E-state index contributed by atoms with van der Waals surface area (Å²) in [6.45, 7) is 11.0. The Balaban J connectivity index is 2.60. The quantitative estimate of drug-likeness (QED) is 0.786. The van der Waals surface area contributed by atoms with Crippen LogP contribution in [0.3, 0.4) is 0 Å². The molecule has 0 aromatic heterocycles. The van der Waals surface area contributed by atoms with E-state index in [-0.39, 0.29) is 24.1 Å². The van der Waals surface area contributed by atoms with Crippen LogP contribution in [0.4, 0.5) is 4.79 Å². The first kappa shape index (κ1) is 19.7. The number of rotatable bonds is 5. The maximum atomic E-state index is 12.2. The summed E-state index contributed by atoms with van der Waals surface area (Å²) in [5.74, 6) is 0.0640. The van der Waals surface area contributed by atoms with Gasteiger partial charge in [0.25, 0.3) is 0 Å². The average molecular weight is 328 g/mol. The maximum absolute atomic E-state index is 12.2. The molecule has 1 saturated heterocycles. The number of hydrogen-bond donors (Lipinski definition) is 1. The van der Waals surface area contributed by atoms with Crippen molar-refractivity contribution in [2.24, 2.45) is 5.92 Å². The van der Waals surface area contributed by atoms with Crippen molar-refractivity contribution in [2.75, 3.05) is 20.2 Å². The van der Waals surface area contributed by atoms with E-state index in [1.165, 1.54) is 7.11 Å². The SMILES string of the molecule is CCC(NC(C)C1CCCN(C(=O)OC(C)(C)C)C1)C(=O)OC. The van der Waals surface area contributed by atoms with Crippen LogP contribution >= 0.6 is 0 Å². The Morgan fingerprint density at radius 3 is 2.52 bits per heavy atom. The predicted molar refractivity (Wildman–Crippen MR) is 89.2 cm³/mol. The van der Waals surface area contributed by atoms with Crippen LogP contribution in [0.5, 0.6) is 0 Å². The smallest absolute Gasteiger partial charge is 0.410 e. The van der Waals surface area contributed by atoms with Crippen molar-refractivity contribution in [3.63, 3.8) is 0 Å². The molecule has 6 nitrogen and oxygen atoms in total. The summed E-state index contributed by atoms with van der Waals surface area (Å²) in [5, 5.41) is 3.34. The van der Waals surface area contributed by atoms with Gasteiger partial charge in [-0.2, -0.15) is 0 Å². The summed E-state index contributed by atoms with van der Waals surface area (Å²) in [6.07, 6.45) is 2.41. The number of nitrogens with one attached hydrogen (secondary N) is 1. The number of likely N-dealkylation sites (tertiary alicyclic amines) is 1. The highest BCUT2D eigenvalue weighted by Gasteiger charge is 2.31. The van der Waals surface area contributed by atoms with Crippen molar-refractivity contribution in [3.05, 3.63) is 0 Å². The Morgan fingerprint density at radius 2 is 2.00 bits per heavy atom. The summed E-state index contributed by atoms with van der Waals surface area (Å²) < 4.78 is 10.3. The van der Waals surface area contributed by atoms with E-state index in [1.807, 2.05) is 27.7 Å². The molecule has 1 amide bonds. The second-order valence-corrected chi connectivity index (χ2v) is 7.27. The number of carbonyl (C=O) groups is 2. The van der Waals surface area contributed by atoms with Crippen molar-refractivity contribution in [1.82, 2.24) is 10.2 Å². The maximum Gasteiger partial charge on any atom is 0.410 e. The third-order valence-electron chi connectivity index (χ3n) is 4.17. The number of carbonyl (C=O) groups excluding carboxylic acids is 2. The minimum atomic E-state index is -0.480. The second-order valence-electron chi connectivity index (χ2n) is 7.27. The van der Waals surface area contributed by atoms with Gasteiger partial charge in [-0.3, -0.25) is 4.79 Å². The topological polar surface area (TPSA) is 67.9 Å². The summed E-state index contributed by atoms with van der Waals surface area (Å²) in [4.78, 5) is 25.7. The van der Waals surface area contributed by atoms with Gasteiger partial charge in [-0.15, -0.1) is 0 Å². The number of ether oxygens (including phenoxy) is 2. The normalized spacial score (nSPS) is 21.5. The third kappa shape index (κ3) is 6.37. The van der Waals surface area contributed by atoms with Gasteiger partial charge >= 0.3 is 12.1 Å². The average Bonchev–Trinajstić information content (AvgIpc) is 2.50. The molecule has 0 radical (unpaired) electrons. The van der Waals surface area contributed by atoms with Crippen molar-refractivity contribution >= 4 is 12.1 Å². The van der Waals surface area contributed by atoms with Gasteiger partial charge in [0.15, 0.2) is 0 Å². The number of amides is 1. The van der Waals surface area contributed by atoms with Crippen LogP contribution in [0.2, 0.25) is 0 Å². The van der Waals surface area contributed by atoms with E-state index < -0.39 is 5.60 Å². The highest BCUT2D eigenvalue weighted by Crippen LogP contribution is 2.22. The fraction of sp³-hybridized carbons (Fsp3) is 0.882. The van der Waals surface area contributed by atoms with E-state index in [0.29, 0.717) is 18.9 Å². The van der Waals surface area contributed by atoms with E-state index in [4.69, 9.17) is 9.47 Å². The summed E-state index contributed by atoms with van der Waals surface area (Å²) in [7, 11) is 1.40. The number of methoxy groups -OCH3 is 1. The van der Waals surface area contributed by atoms with Crippen LogP contribution in [-0.2, 0) is 14.3 Å². The molecule has 0 aromatic rings. The first-order chi connectivity index (χ1) is 10.7. The minimum Gasteiger partial charge on any atom is -0.468 e. The van der Waals surface area contributed by atoms with Crippen molar-refractivity contribution in [1.29, 1.82) is 0 Å². The van der Waals surface area contributed by atoms with Crippen LogP contribution in [-0.4, -0.2) is 54.8 Å². The monoisotopic (exact) mass is 328 g/mol. The lowest BCUT2D eigenvalue weighted by atomic mass is 9.91. The van der Waals surface area contributed by atoms with Crippen molar-refractivity contribution in [3.8, 4) is 0 Å². The molecule has 1 N–H and O–H groups in total. The Kier molecular flexibility index (Phi) is 7.32. The van der Waals surface area contributed by atoms with Gasteiger partial charge < -0.3 is 19.7 Å². The van der Waals surface area contributed by atoms with Gasteiger partial charge in [-0.05, 0) is 52.9 Å². The van der Waals surface area contributed by atoms with Gasteiger partial charge in [0.05, 0.1) is 7.11 Å². The molecule has 1 aliphatic rings. The highest BCUT2D eigenvalue weighted by molar-refractivity contribution is 5.75. The molecule has 0 saturated carbocycles. The lowest BCUT2D eigenvalue weighted by molar-refractivity contribution is -0.143. The molecule has 3 atom stereocenters. The first-order valence-corrected chi connectivity index (χ1v) is 8.49. The molecule has 1 rings (SSSR count). The van der Waals surface area contributed by atoms with Gasteiger partial charge in [0.2, 0.25) is 0 Å². The molecule has 0 aromatic carbocycles. The second kappa shape index (κ2) is 8.52. The van der Waals surface area contributed by atoms with Gasteiger partial charge in [0.1, 0.15) is 11.6 Å². The molecule has 1 fully saturated rings. The zero-order chi connectivity index (χ0) is 17.6. The fourth-order valence-corrected chi connectivity index (χ4v) is 2.86. The highest BCUT2D eigenvalue weighted by atomic mass is 16.6. The van der Waals surface area contributed by atoms with Crippen molar-refractivity contribution < 1.29 is 19.1 Å². The van der Waals surface area contributed by atoms with Gasteiger partial charge in [-0.25, -0.2) is 4.79 Å². The largest absolute Gasteiger partial charge is 0.468 e. The minimum absolute atomic E-state index is 0.129. The van der Waals surface area contributed by atoms with Crippen LogP contribution < -0.4 is 5.32 Å². The Morgan fingerprint density at radius 1 is 1.35 bits per heavy atom. The van der Waals surface area contributed by atoms with E-state index in [1.54, 1.807) is 4.90 Å². The van der Waals surface area contributed by atoms with Gasteiger partial charge in [0, 0.05) is 19.1 Å². The summed E-state index contributed by atoms with van der Waals surface area (Å²) >= 11 is 0. The Labute approximate surface area is 139 Å². The fourth-order valence-electron chi connectivity index (χ4n) is 2.86. The van der Waals surface area contributed by atoms with E-state index in [0.717, 1.165) is 19.4 Å². The lowest BCUT2D eigenvalue weighted by Gasteiger charge is -2.37. The molecule has 0 aliphatic carbocycles. The standard InChI is InChI=1S/C17H32N2O4/c1-7-14(15(20)22-6)18-12(2)13-9-8-10-19(11-13)16(21)23-17(3,4)5/h12-14,18H,7-11H2,1-6H3. The number of piperidine rings is 1. The zero-order valence-electron chi connectivity index (χ0n) is 15.3. The van der Waals surface area contributed by atoms with Crippen molar-refractivity contribution in [2.45, 2.75) is 71.6 Å². The molecule has 3 unspecified atom stereocenters. The number of nitrogens with zero attached hydrogens (tertiary/aromatic N) is 1. The van der Waals surface area contributed by atoms with Crippen LogP contribution in [0.25, 0.3) is 0 Å². The third-order valence-corrected chi connectivity index (χ3v) is 4.17. The van der Waals surface area contributed by atoms with E-state index in [9.17, 15) is 9.59 Å². The first-order valence-electron chi connectivity index (χ1n) is 8.49. The molecule has 6 heteroatoms. The zero-order valence-corrected chi connectivity index (χ0v) is 15.3. The van der Waals surface area contributed by atoms with Crippen LogP contribution in [0.15, 0.2) is 0 Å². The van der Waals surface area contributed by atoms with E-state index >= 15 is 0 Å². The lowest BCUT2D eigenvalue weighted by Crippen LogP contribution is -2.51. The Bertz CT molecular complexity index is 406. The Hall–Kier alpha value is -1.30. The summed E-state index contributed by atoms with van der Waals surface area (Å²) in [5.41, 5.74) is -0.480. The number of hydrogen-bond acceptors (Lipinski definition) is 5. The molecule has 23 heavy (non-hydrogen) atoms. The molecular formula is C17H32N2O4. The molecule has 1 heterocycles. The van der Waals surface area contributed by atoms with Gasteiger partial charge in [-0.1, -0.05) is 6.92 Å². The van der Waals surface area contributed by atoms with E-state index in [2.05, 4.69) is 12.2 Å².